The van der Waals surface area contributed by atoms with E-state index < -0.39 is 0 Å². The highest BCUT2D eigenvalue weighted by Gasteiger charge is 2.19. The van der Waals surface area contributed by atoms with Gasteiger partial charge in [0.05, 0.1) is 6.04 Å². The molecule has 28 heavy (non-hydrogen) atoms. The van der Waals surface area contributed by atoms with Crippen molar-refractivity contribution in [2.45, 2.75) is 72.3 Å². The van der Waals surface area contributed by atoms with Crippen LogP contribution < -0.4 is 0 Å². The molecule has 0 aliphatic heterocycles. The Bertz CT molecular complexity index is 590. The monoisotopic (exact) mass is 386 g/mol. The van der Waals surface area contributed by atoms with E-state index >= 15 is 0 Å². The van der Waals surface area contributed by atoms with Crippen molar-refractivity contribution < 1.29 is 9.59 Å². The molecule has 0 heterocycles. The van der Waals surface area contributed by atoms with Crippen LogP contribution in [0.5, 0.6) is 0 Å². The number of benzene rings is 1. The van der Waals surface area contributed by atoms with Crippen molar-refractivity contribution in [1.29, 1.82) is 0 Å². The topological polar surface area (TPSA) is 40.6 Å². The van der Waals surface area contributed by atoms with Gasteiger partial charge in [0.25, 0.3) is 0 Å². The predicted molar refractivity (Wildman–Crippen MR) is 117 cm³/mol. The summed E-state index contributed by atoms with van der Waals surface area (Å²) in [5.41, 5.74) is 1.11. The highest BCUT2D eigenvalue weighted by atomic mass is 16.2. The molecular weight excluding hydrogens is 348 g/mol. The maximum Gasteiger partial charge on any atom is 0.247 e. The third-order valence-electron chi connectivity index (χ3n) is 5.03. The van der Waals surface area contributed by atoms with Gasteiger partial charge in [0, 0.05) is 31.8 Å². The average Bonchev–Trinajstić information content (AvgIpc) is 2.72. The van der Waals surface area contributed by atoms with Crippen LogP contribution >= 0.6 is 0 Å². The fourth-order valence-corrected chi connectivity index (χ4v) is 3.11. The van der Waals surface area contributed by atoms with E-state index in [1.165, 1.54) is 12.2 Å². The SMILES string of the molecule is CCCCN(CCCC)C(=O)/C=C/C(=O)N(CCCC)[C@@H](C)c1ccccc1. The molecule has 0 spiro atoms. The molecule has 0 bridgehead atoms. The first-order valence-corrected chi connectivity index (χ1v) is 10.9. The summed E-state index contributed by atoms with van der Waals surface area (Å²) in [4.78, 5) is 29.2. The smallest absolute Gasteiger partial charge is 0.247 e. The molecule has 0 N–H and O–H groups in total. The third-order valence-corrected chi connectivity index (χ3v) is 5.03. The number of hydrogen-bond donors (Lipinski definition) is 0. The van der Waals surface area contributed by atoms with Gasteiger partial charge in [-0.05, 0) is 31.7 Å². The van der Waals surface area contributed by atoms with Gasteiger partial charge in [0.1, 0.15) is 0 Å². The van der Waals surface area contributed by atoms with Gasteiger partial charge in [0.15, 0.2) is 0 Å². The summed E-state index contributed by atoms with van der Waals surface area (Å²) in [6, 6.07) is 10.0. The first kappa shape index (κ1) is 23.9. The van der Waals surface area contributed by atoms with Crippen LogP contribution in [0.4, 0.5) is 0 Å². The molecule has 0 fully saturated rings. The fraction of sp³-hybridized carbons (Fsp3) is 0.583. The Morgan fingerprint density at radius 1 is 0.821 bits per heavy atom. The van der Waals surface area contributed by atoms with E-state index in [4.69, 9.17) is 0 Å². The van der Waals surface area contributed by atoms with E-state index in [9.17, 15) is 9.59 Å². The largest absolute Gasteiger partial charge is 0.339 e. The molecule has 4 nitrogen and oxygen atoms in total. The van der Waals surface area contributed by atoms with Crippen LogP contribution in [-0.2, 0) is 9.59 Å². The number of hydrogen-bond acceptors (Lipinski definition) is 2. The summed E-state index contributed by atoms with van der Waals surface area (Å²) in [6.45, 7) is 10.6. The molecule has 1 atom stereocenters. The number of rotatable bonds is 13. The van der Waals surface area contributed by atoms with Gasteiger partial charge in [-0.1, -0.05) is 70.4 Å². The van der Waals surface area contributed by atoms with Crippen LogP contribution in [-0.4, -0.2) is 41.2 Å². The average molecular weight is 387 g/mol. The quantitative estimate of drug-likeness (QED) is 0.428. The molecule has 0 aromatic heterocycles. The maximum absolute atomic E-state index is 12.9. The van der Waals surface area contributed by atoms with Gasteiger partial charge in [-0.3, -0.25) is 9.59 Å². The molecule has 0 aliphatic carbocycles. The highest BCUT2D eigenvalue weighted by Crippen LogP contribution is 2.21. The Hall–Kier alpha value is -2.10. The van der Waals surface area contributed by atoms with Crippen LogP contribution in [0, 0.1) is 0 Å². The molecule has 0 radical (unpaired) electrons. The highest BCUT2D eigenvalue weighted by molar-refractivity contribution is 5.96. The van der Waals surface area contributed by atoms with Crippen LogP contribution in [0.2, 0.25) is 0 Å². The normalized spacial score (nSPS) is 12.1. The Kier molecular flexibility index (Phi) is 11.9. The molecule has 1 rings (SSSR count). The molecule has 0 saturated heterocycles. The second-order valence-electron chi connectivity index (χ2n) is 7.34. The fourth-order valence-electron chi connectivity index (χ4n) is 3.11. The Morgan fingerprint density at radius 3 is 1.86 bits per heavy atom. The van der Waals surface area contributed by atoms with Crippen molar-refractivity contribution in [3.8, 4) is 0 Å². The Morgan fingerprint density at radius 2 is 1.32 bits per heavy atom. The van der Waals surface area contributed by atoms with E-state index in [0.717, 1.165) is 57.2 Å². The van der Waals surface area contributed by atoms with Gasteiger partial charge in [0.2, 0.25) is 11.8 Å². The summed E-state index contributed by atoms with van der Waals surface area (Å²) in [5.74, 6) is -0.151. The number of nitrogens with zero attached hydrogens (tertiary/aromatic N) is 2. The zero-order valence-corrected chi connectivity index (χ0v) is 18.2. The molecule has 1 aromatic rings. The lowest BCUT2D eigenvalue weighted by Crippen LogP contribution is -2.34. The second kappa shape index (κ2) is 14.0. The molecule has 1 aromatic carbocycles. The van der Waals surface area contributed by atoms with Crippen molar-refractivity contribution in [1.82, 2.24) is 9.80 Å². The minimum absolute atomic E-state index is 0.0173. The van der Waals surface area contributed by atoms with E-state index in [-0.39, 0.29) is 17.9 Å². The van der Waals surface area contributed by atoms with Crippen LogP contribution in [0.25, 0.3) is 0 Å². The van der Waals surface area contributed by atoms with Gasteiger partial charge >= 0.3 is 0 Å². The van der Waals surface area contributed by atoms with Gasteiger partial charge in [-0.15, -0.1) is 0 Å². The van der Waals surface area contributed by atoms with Crippen molar-refractivity contribution in [3.63, 3.8) is 0 Å². The molecule has 0 aliphatic rings. The van der Waals surface area contributed by atoms with E-state index in [2.05, 4.69) is 20.8 Å². The van der Waals surface area contributed by atoms with Gasteiger partial charge in [-0.25, -0.2) is 0 Å². The number of amides is 2. The van der Waals surface area contributed by atoms with Crippen molar-refractivity contribution >= 4 is 11.8 Å². The van der Waals surface area contributed by atoms with Crippen molar-refractivity contribution in [2.24, 2.45) is 0 Å². The minimum Gasteiger partial charge on any atom is -0.339 e. The van der Waals surface area contributed by atoms with E-state index in [1.54, 1.807) is 0 Å². The summed E-state index contributed by atoms with van der Waals surface area (Å²) in [5, 5.41) is 0. The molecular formula is C24H38N2O2. The van der Waals surface area contributed by atoms with Crippen LogP contribution in [0.3, 0.4) is 0 Å². The van der Waals surface area contributed by atoms with Gasteiger partial charge in [-0.2, -0.15) is 0 Å². The van der Waals surface area contributed by atoms with Crippen LogP contribution in [0.15, 0.2) is 42.5 Å². The standard InChI is InChI=1S/C24H38N2O2/c1-5-8-18-25(19-9-6-2)23(27)16-17-24(28)26(20-10-7-3)21(4)22-14-12-11-13-15-22/h11-17,21H,5-10,18-20H2,1-4H3/b17-16+/t21-/m0/s1. The van der Waals surface area contributed by atoms with E-state index in [0.29, 0.717) is 6.54 Å². The molecule has 4 heteroatoms. The maximum atomic E-state index is 12.9. The lowest BCUT2D eigenvalue weighted by molar-refractivity contribution is -0.129. The zero-order valence-electron chi connectivity index (χ0n) is 18.2. The van der Waals surface area contributed by atoms with E-state index in [1.807, 2.05) is 47.1 Å². The second-order valence-corrected chi connectivity index (χ2v) is 7.34. The number of carbonyl (C=O) groups is 2. The van der Waals surface area contributed by atoms with Crippen molar-refractivity contribution in [2.75, 3.05) is 19.6 Å². The zero-order chi connectivity index (χ0) is 20.8. The van der Waals surface area contributed by atoms with Crippen LogP contribution in [0.1, 0.15) is 77.8 Å². The molecule has 2 amide bonds. The minimum atomic E-state index is -0.0934. The van der Waals surface area contributed by atoms with Gasteiger partial charge < -0.3 is 9.80 Å². The first-order valence-electron chi connectivity index (χ1n) is 10.9. The summed E-state index contributed by atoms with van der Waals surface area (Å²) >= 11 is 0. The Labute approximate surface area is 171 Å². The number of carbonyl (C=O) groups excluding carboxylic acids is 2. The third kappa shape index (κ3) is 8.28. The molecule has 0 unspecified atom stereocenters. The predicted octanol–water partition coefficient (Wildman–Crippen LogP) is 5.36. The lowest BCUT2D eigenvalue weighted by atomic mass is 10.1. The summed E-state index contributed by atoms with van der Waals surface area (Å²) in [6.07, 6.45) is 8.98. The number of unbranched alkanes of at least 4 members (excludes halogenated alkanes) is 3. The van der Waals surface area contributed by atoms with Crippen molar-refractivity contribution in [3.05, 3.63) is 48.0 Å². The lowest BCUT2D eigenvalue weighted by Gasteiger charge is -2.29. The molecule has 0 saturated carbocycles. The molecule has 156 valence electrons. The Balaban J connectivity index is 2.84. The summed E-state index contributed by atoms with van der Waals surface area (Å²) < 4.78 is 0. The first-order chi connectivity index (χ1) is 13.5. The summed E-state index contributed by atoms with van der Waals surface area (Å²) in [7, 11) is 0.